The van der Waals surface area contributed by atoms with Crippen molar-refractivity contribution in [2.45, 2.75) is 0 Å². The summed E-state index contributed by atoms with van der Waals surface area (Å²) in [6.07, 6.45) is 0. The van der Waals surface area contributed by atoms with Gasteiger partial charge in [0.05, 0.1) is 16.4 Å². The molecule has 3 rings (SSSR count). The molecule has 6 heteroatoms. The zero-order valence-electron chi connectivity index (χ0n) is 11.0. The van der Waals surface area contributed by atoms with E-state index in [1.807, 2.05) is 35.2 Å². The molecule has 1 aliphatic heterocycles. The second-order valence-corrected chi connectivity index (χ2v) is 5.53. The summed E-state index contributed by atoms with van der Waals surface area (Å²) in [5.41, 5.74) is 8.77. The molecule has 0 aliphatic carbocycles. The molecule has 1 heterocycles. The van der Waals surface area contributed by atoms with E-state index in [1.54, 1.807) is 12.1 Å². The minimum atomic E-state index is -0.0664. The van der Waals surface area contributed by atoms with Gasteiger partial charge in [-0.3, -0.25) is 4.79 Å². The molecule has 0 fully saturated rings. The summed E-state index contributed by atoms with van der Waals surface area (Å²) >= 11 is 11.2. The lowest BCUT2D eigenvalue weighted by Crippen LogP contribution is -2.35. The molecule has 0 saturated carbocycles. The maximum absolute atomic E-state index is 11.8. The molecule has 0 aromatic heterocycles. The second kappa shape index (κ2) is 5.35. The number of amides is 1. The molecule has 3 N–H and O–H groups in total. The third kappa shape index (κ3) is 2.57. The number of fused-ring (bicyclic) bond motifs is 1. The summed E-state index contributed by atoms with van der Waals surface area (Å²) in [4.78, 5) is 14.0. The Balaban J connectivity index is 2.07. The second-order valence-electron chi connectivity index (χ2n) is 4.68. The number of nitrogens with one attached hydrogen (secondary N) is 1. The number of nitrogens with zero attached hydrogens (tertiary/aromatic N) is 1. The standard InChI is InChI=1S/C15H12ClN3OS/c16-11-7-9(5-6-10(11)15(17)21)19-8-14(20)18-12-3-1-2-4-13(12)19/h1-7H,8H2,(H2,17,21)(H,18,20). The van der Waals surface area contributed by atoms with Crippen molar-refractivity contribution in [3.63, 3.8) is 0 Å². The Kier molecular flexibility index (Phi) is 3.53. The van der Waals surface area contributed by atoms with Crippen LogP contribution >= 0.6 is 23.8 Å². The number of rotatable bonds is 2. The quantitative estimate of drug-likeness (QED) is 0.836. The number of carbonyl (C=O) groups excluding carboxylic acids is 1. The smallest absolute Gasteiger partial charge is 0.244 e. The summed E-state index contributed by atoms with van der Waals surface area (Å²) in [5.74, 6) is -0.0664. The van der Waals surface area contributed by atoms with E-state index in [9.17, 15) is 4.79 Å². The van der Waals surface area contributed by atoms with Crippen molar-refractivity contribution < 1.29 is 4.79 Å². The van der Waals surface area contributed by atoms with Gasteiger partial charge in [0.1, 0.15) is 11.5 Å². The monoisotopic (exact) mass is 317 g/mol. The van der Waals surface area contributed by atoms with E-state index in [2.05, 4.69) is 5.32 Å². The van der Waals surface area contributed by atoms with Gasteiger partial charge in [0.25, 0.3) is 0 Å². The van der Waals surface area contributed by atoms with Gasteiger partial charge in [-0.05, 0) is 30.3 Å². The van der Waals surface area contributed by atoms with Crippen molar-refractivity contribution in [1.82, 2.24) is 0 Å². The fourth-order valence-electron chi connectivity index (χ4n) is 2.34. The number of carbonyl (C=O) groups is 1. The first kappa shape index (κ1) is 13.9. The van der Waals surface area contributed by atoms with Crippen LogP contribution in [0.5, 0.6) is 0 Å². The van der Waals surface area contributed by atoms with Crippen LogP contribution in [0, 0.1) is 0 Å². The van der Waals surface area contributed by atoms with Crippen molar-refractivity contribution in [1.29, 1.82) is 0 Å². The van der Waals surface area contributed by atoms with E-state index < -0.39 is 0 Å². The maximum Gasteiger partial charge on any atom is 0.244 e. The van der Waals surface area contributed by atoms with Crippen molar-refractivity contribution in [3.8, 4) is 0 Å². The highest BCUT2D eigenvalue weighted by Gasteiger charge is 2.23. The van der Waals surface area contributed by atoms with E-state index in [0.717, 1.165) is 17.1 Å². The molecule has 0 radical (unpaired) electrons. The summed E-state index contributed by atoms with van der Waals surface area (Å²) in [5, 5.41) is 3.32. The zero-order valence-corrected chi connectivity index (χ0v) is 12.5. The molecular formula is C15H12ClN3OS. The van der Waals surface area contributed by atoms with Gasteiger partial charge in [0.15, 0.2) is 0 Å². The van der Waals surface area contributed by atoms with Crippen molar-refractivity contribution in [2.24, 2.45) is 5.73 Å². The van der Waals surface area contributed by atoms with Crippen molar-refractivity contribution in [2.75, 3.05) is 16.8 Å². The Bertz CT molecular complexity index is 747. The third-order valence-electron chi connectivity index (χ3n) is 3.30. The summed E-state index contributed by atoms with van der Waals surface area (Å²) in [7, 11) is 0. The number of benzene rings is 2. The molecule has 4 nitrogen and oxygen atoms in total. The Labute approximate surface area is 132 Å². The molecule has 0 atom stereocenters. The topological polar surface area (TPSA) is 58.4 Å². The van der Waals surface area contributed by atoms with E-state index in [0.29, 0.717) is 10.6 Å². The Morgan fingerprint density at radius 1 is 1.29 bits per heavy atom. The highest BCUT2D eigenvalue weighted by molar-refractivity contribution is 7.80. The predicted molar refractivity (Wildman–Crippen MR) is 89.4 cm³/mol. The van der Waals surface area contributed by atoms with Crippen LogP contribution in [0.15, 0.2) is 42.5 Å². The third-order valence-corrected chi connectivity index (χ3v) is 3.83. The van der Waals surface area contributed by atoms with E-state index in [1.165, 1.54) is 0 Å². The van der Waals surface area contributed by atoms with Crippen LogP contribution in [0.25, 0.3) is 0 Å². The number of hydrogen-bond donors (Lipinski definition) is 2. The lowest BCUT2D eigenvalue weighted by Gasteiger charge is -2.31. The van der Waals surface area contributed by atoms with Crippen molar-refractivity contribution in [3.05, 3.63) is 53.1 Å². The minimum absolute atomic E-state index is 0.0664. The Morgan fingerprint density at radius 3 is 2.76 bits per heavy atom. The van der Waals surface area contributed by atoms with E-state index >= 15 is 0 Å². The van der Waals surface area contributed by atoms with Crippen LogP contribution in [0.3, 0.4) is 0 Å². The van der Waals surface area contributed by atoms with Crippen LogP contribution in [-0.4, -0.2) is 17.4 Å². The molecule has 0 saturated heterocycles. The lowest BCUT2D eigenvalue weighted by molar-refractivity contribution is -0.115. The SMILES string of the molecule is NC(=S)c1ccc(N2CC(=O)Nc3ccccc32)cc1Cl. The highest BCUT2D eigenvalue weighted by atomic mass is 35.5. The summed E-state index contributed by atoms with van der Waals surface area (Å²) in [6, 6.07) is 13.0. The minimum Gasteiger partial charge on any atom is -0.389 e. The fourth-order valence-corrected chi connectivity index (χ4v) is 2.85. The van der Waals surface area contributed by atoms with Gasteiger partial charge < -0.3 is 16.0 Å². The molecule has 2 aromatic rings. The van der Waals surface area contributed by atoms with Crippen LogP contribution in [-0.2, 0) is 4.79 Å². The van der Waals surface area contributed by atoms with Crippen molar-refractivity contribution >= 4 is 51.8 Å². The molecular weight excluding hydrogens is 306 g/mol. The molecule has 0 spiro atoms. The van der Waals surface area contributed by atoms with Gasteiger partial charge in [0.2, 0.25) is 5.91 Å². The molecule has 2 aromatic carbocycles. The number of halogens is 1. The van der Waals surface area contributed by atoms with Crippen LogP contribution in [0.2, 0.25) is 5.02 Å². The van der Waals surface area contributed by atoms with Gasteiger partial charge in [-0.25, -0.2) is 0 Å². The molecule has 1 amide bonds. The predicted octanol–water partition coefficient (Wildman–Crippen LogP) is 3.06. The Hall–Kier alpha value is -2.11. The van der Waals surface area contributed by atoms with Gasteiger partial charge >= 0.3 is 0 Å². The molecule has 1 aliphatic rings. The Morgan fingerprint density at radius 2 is 2.05 bits per heavy atom. The number of nitrogens with two attached hydrogens (primary N) is 1. The highest BCUT2D eigenvalue weighted by Crippen LogP contribution is 2.36. The first-order valence-corrected chi connectivity index (χ1v) is 7.10. The first-order chi connectivity index (χ1) is 10.1. The molecule has 21 heavy (non-hydrogen) atoms. The van der Waals surface area contributed by atoms with Crippen LogP contribution in [0.4, 0.5) is 17.1 Å². The lowest BCUT2D eigenvalue weighted by atomic mass is 10.1. The van der Waals surface area contributed by atoms with E-state index in [-0.39, 0.29) is 17.4 Å². The van der Waals surface area contributed by atoms with Crippen LogP contribution < -0.4 is 16.0 Å². The summed E-state index contributed by atoms with van der Waals surface area (Å²) in [6.45, 7) is 0.236. The normalized spacial score (nSPS) is 13.6. The van der Waals surface area contributed by atoms with Gasteiger partial charge in [-0.1, -0.05) is 36.0 Å². The maximum atomic E-state index is 11.8. The number of anilines is 3. The number of thiocarbonyl (C=S) groups is 1. The molecule has 0 bridgehead atoms. The van der Waals surface area contributed by atoms with Gasteiger partial charge in [-0.2, -0.15) is 0 Å². The molecule has 0 unspecified atom stereocenters. The zero-order chi connectivity index (χ0) is 15.0. The van der Waals surface area contributed by atoms with Gasteiger partial charge in [-0.15, -0.1) is 0 Å². The largest absolute Gasteiger partial charge is 0.389 e. The first-order valence-electron chi connectivity index (χ1n) is 6.32. The van der Waals surface area contributed by atoms with Crippen LogP contribution in [0.1, 0.15) is 5.56 Å². The summed E-state index contributed by atoms with van der Waals surface area (Å²) < 4.78 is 0. The molecule has 106 valence electrons. The number of hydrogen-bond acceptors (Lipinski definition) is 3. The average Bonchev–Trinajstić information content (AvgIpc) is 2.45. The van der Waals surface area contributed by atoms with E-state index in [4.69, 9.17) is 29.6 Å². The average molecular weight is 318 g/mol. The number of para-hydroxylation sites is 2. The fraction of sp³-hybridized carbons (Fsp3) is 0.0667. The van der Waals surface area contributed by atoms with Gasteiger partial charge in [0, 0.05) is 11.3 Å².